The maximum absolute atomic E-state index is 13.9. The molecule has 0 heterocycles. The summed E-state index contributed by atoms with van der Waals surface area (Å²) >= 11 is 0. The van der Waals surface area contributed by atoms with E-state index >= 15 is 0 Å². The highest BCUT2D eigenvalue weighted by Gasteiger charge is 2.35. The number of aryl methyl sites for hydroxylation is 2. The van der Waals surface area contributed by atoms with Crippen LogP contribution in [0.2, 0.25) is 0 Å². The van der Waals surface area contributed by atoms with Crippen LogP contribution in [-0.2, 0) is 30.3 Å². The van der Waals surface area contributed by atoms with Gasteiger partial charge in [-0.2, -0.15) is 0 Å². The van der Waals surface area contributed by atoms with Gasteiger partial charge in [-0.3, -0.25) is 14.4 Å². The normalized spacial score (nSPS) is 12.6. The first kappa shape index (κ1) is 30.1. The van der Waals surface area contributed by atoms with Gasteiger partial charge in [0, 0.05) is 13.5 Å². The van der Waals surface area contributed by atoms with E-state index in [4.69, 9.17) is 4.74 Å². The second-order valence-corrected chi connectivity index (χ2v) is 10.0. The van der Waals surface area contributed by atoms with Gasteiger partial charge in [0.15, 0.2) is 0 Å². The highest BCUT2D eigenvalue weighted by atomic mass is 16.6. The number of nitrogens with one attached hydrogen (secondary N) is 2. The number of esters is 1. The van der Waals surface area contributed by atoms with E-state index in [1.165, 1.54) is 31.2 Å². The molecule has 10 nitrogen and oxygen atoms in total. The van der Waals surface area contributed by atoms with Crippen LogP contribution in [0.1, 0.15) is 49.1 Å². The summed E-state index contributed by atoms with van der Waals surface area (Å²) in [6.07, 6.45) is -0.715. The van der Waals surface area contributed by atoms with Crippen LogP contribution in [0.5, 0.6) is 5.75 Å². The lowest BCUT2D eigenvalue weighted by Crippen LogP contribution is -2.53. The maximum Gasteiger partial charge on any atom is 0.408 e. The Kier molecular flexibility index (Phi) is 10.3. The number of methoxy groups -OCH3 is 1. The van der Waals surface area contributed by atoms with Crippen LogP contribution in [0.3, 0.4) is 0 Å². The molecule has 10 heteroatoms. The fourth-order valence-electron chi connectivity index (χ4n) is 3.98. The molecule has 0 aromatic heterocycles. The van der Waals surface area contributed by atoms with Crippen LogP contribution in [0, 0.1) is 13.8 Å². The third-order valence-corrected chi connectivity index (χ3v) is 5.80. The number of benzene rings is 2. The third kappa shape index (κ3) is 8.50. The summed E-state index contributed by atoms with van der Waals surface area (Å²) in [7, 11) is 2.68. The van der Waals surface area contributed by atoms with Crippen molar-refractivity contribution in [3.8, 4) is 5.75 Å². The molecule has 0 radical (unpaired) electrons. The molecule has 2 aromatic carbocycles. The molecule has 0 aliphatic heterocycles. The fourth-order valence-corrected chi connectivity index (χ4v) is 3.98. The van der Waals surface area contributed by atoms with Gasteiger partial charge in [-0.25, -0.2) is 4.79 Å². The van der Waals surface area contributed by atoms with Gasteiger partial charge in [-0.1, -0.05) is 30.3 Å². The van der Waals surface area contributed by atoms with Gasteiger partial charge in [-0.15, -0.1) is 0 Å². The largest absolute Gasteiger partial charge is 0.508 e. The number of carbonyl (C=O) groups excluding carboxylic acids is 4. The lowest BCUT2D eigenvalue weighted by atomic mass is 9.93. The lowest BCUT2D eigenvalue weighted by Gasteiger charge is -2.33. The van der Waals surface area contributed by atoms with Crippen molar-refractivity contribution in [3.63, 3.8) is 0 Å². The van der Waals surface area contributed by atoms with Crippen LogP contribution in [0.25, 0.3) is 0 Å². The number of carbonyl (C=O) groups is 4. The smallest absolute Gasteiger partial charge is 0.408 e. The molecule has 2 aromatic rings. The molecule has 0 aliphatic carbocycles. The van der Waals surface area contributed by atoms with Crippen molar-refractivity contribution in [1.82, 2.24) is 15.5 Å². The van der Waals surface area contributed by atoms with Crippen molar-refractivity contribution < 1.29 is 33.8 Å². The Morgan fingerprint density at radius 3 is 2.11 bits per heavy atom. The number of ether oxygens (including phenoxy) is 2. The van der Waals surface area contributed by atoms with Gasteiger partial charge >= 0.3 is 12.1 Å². The standard InChI is InChI=1S/C28H37N3O7/c1-17-9-8-10-18(2)23(17)24(25(34)29-16-22(33)37-7)31(6)26(35)21(30-27(36)38-28(3,4)5)15-19-11-13-20(32)14-12-19/h8-14,21,24,32H,15-16H2,1-7H3,(H,29,34)(H,30,36). The molecule has 0 spiro atoms. The minimum Gasteiger partial charge on any atom is -0.508 e. The van der Waals surface area contributed by atoms with Gasteiger partial charge in [0.05, 0.1) is 7.11 Å². The first-order chi connectivity index (χ1) is 17.7. The zero-order chi connectivity index (χ0) is 28.6. The molecule has 38 heavy (non-hydrogen) atoms. The average molecular weight is 528 g/mol. The number of hydrogen-bond acceptors (Lipinski definition) is 7. The molecular formula is C28H37N3O7. The second-order valence-electron chi connectivity index (χ2n) is 10.0. The Morgan fingerprint density at radius 2 is 1.58 bits per heavy atom. The number of phenols is 1. The molecule has 3 amide bonds. The summed E-state index contributed by atoms with van der Waals surface area (Å²) < 4.78 is 10.00. The molecule has 206 valence electrons. The predicted octanol–water partition coefficient (Wildman–Crippen LogP) is 2.93. The van der Waals surface area contributed by atoms with Gasteiger partial charge in [0.25, 0.3) is 0 Å². The van der Waals surface area contributed by atoms with Gasteiger partial charge in [0.2, 0.25) is 11.8 Å². The Labute approximate surface area is 223 Å². The minimum atomic E-state index is -1.10. The van der Waals surface area contributed by atoms with Crippen molar-refractivity contribution in [2.24, 2.45) is 0 Å². The summed E-state index contributed by atoms with van der Waals surface area (Å²) in [6, 6.07) is 9.54. The zero-order valence-corrected chi connectivity index (χ0v) is 23.0. The molecule has 3 N–H and O–H groups in total. The van der Waals surface area contributed by atoms with Crippen LogP contribution < -0.4 is 10.6 Å². The minimum absolute atomic E-state index is 0.0613. The topological polar surface area (TPSA) is 134 Å². The predicted molar refractivity (Wildman–Crippen MR) is 141 cm³/mol. The fraction of sp³-hybridized carbons (Fsp3) is 0.429. The molecule has 2 rings (SSSR count). The average Bonchev–Trinajstić information content (AvgIpc) is 2.83. The van der Waals surface area contributed by atoms with Gasteiger partial charge in [-0.05, 0) is 69.0 Å². The van der Waals surface area contributed by atoms with E-state index in [2.05, 4.69) is 15.4 Å². The Morgan fingerprint density at radius 1 is 1.00 bits per heavy atom. The quantitative estimate of drug-likeness (QED) is 0.427. The van der Waals surface area contributed by atoms with Gasteiger partial charge < -0.3 is 30.1 Å². The summed E-state index contributed by atoms with van der Waals surface area (Å²) in [5.74, 6) is -1.70. The number of rotatable bonds is 9. The maximum atomic E-state index is 13.9. The van der Waals surface area contributed by atoms with E-state index in [1.807, 2.05) is 32.0 Å². The molecule has 2 unspecified atom stereocenters. The summed E-state index contributed by atoms with van der Waals surface area (Å²) in [5, 5.41) is 14.8. The highest BCUT2D eigenvalue weighted by molar-refractivity contribution is 5.93. The SMILES string of the molecule is COC(=O)CNC(=O)C(c1c(C)cccc1C)N(C)C(=O)C(Cc1ccc(O)cc1)NC(=O)OC(C)(C)C. The number of hydrogen-bond donors (Lipinski definition) is 3. The number of amides is 3. The number of likely N-dealkylation sites (N-methyl/N-ethyl adjacent to an activating group) is 1. The molecule has 0 fully saturated rings. The Balaban J connectivity index is 2.47. The number of aromatic hydroxyl groups is 1. The molecule has 0 saturated carbocycles. The van der Waals surface area contributed by atoms with E-state index in [1.54, 1.807) is 32.9 Å². The van der Waals surface area contributed by atoms with Crippen LogP contribution in [0.15, 0.2) is 42.5 Å². The first-order valence-corrected chi connectivity index (χ1v) is 12.2. The molecule has 0 bridgehead atoms. The molecule has 2 atom stereocenters. The monoisotopic (exact) mass is 527 g/mol. The summed E-state index contributed by atoms with van der Waals surface area (Å²) in [6.45, 7) is 8.41. The van der Waals surface area contributed by atoms with Crippen molar-refractivity contribution >= 4 is 23.9 Å². The van der Waals surface area contributed by atoms with Crippen molar-refractivity contribution in [2.75, 3.05) is 20.7 Å². The van der Waals surface area contributed by atoms with E-state index in [9.17, 15) is 24.3 Å². The third-order valence-electron chi connectivity index (χ3n) is 5.80. The van der Waals surface area contributed by atoms with E-state index in [0.29, 0.717) is 11.1 Å². The first-order valence-electron chi connectivity index (χ1n) is 12.2. The summed E-state index contributed by atoms with van der Waals surface area (Å²) in [5.41, 5.74) is 2.03. The number of nitrogens with zero attached hydrogens (tertiary/aromatic N) is 1. The molecular weight excluding hydrogens is 490 g/mol. The highest BCUT2D eigenvalue weighted by Crippen LogP contribution is 2.28. The Bertz CT molecular complexity index is 1140. The number of phenolic OH excluding ortho intramolecular Hbond substituents is 1. The van der Waals surface area contributed by atoms with Crippen molar-refractivity contribution in [3.05, 3.63) is 64.7 Å². The van der Waals surface area contributed by atoms with E-state index in [0.717, 1.165) is 11.1 Å². The van der Waals surface area contributed by atoms with E-state index in [-0.39, 0.29) is 18.7 Å². The zero-order valence-electron chi connectivity index (χ0n) is 23.0. The van der Waals surface area contributed by atoms with E-state index < -0.39 is 41.6 Å². The van der Waals surface area contributed by atoms with Crippen LogP contribution >= 0.6 is 0 Å². The Hall–Kier alpha value is -4.08. The van der Waals surface area contributed by atoms with Crippen LogP contribution in [0.4, 0.5) is 4.79 Å². The van der Waals surface area contributed by atoms with Crippen LogP contribution in [-0.4, -0.2) is 66.2 Å². The second kappa shape index (κ2) is 12.9. The van der Waals surface area contributed by atoms with Gasteiger partial charge in [0.1, 0.15) is 30.0 Å². The number of alkyl carbamates (subject to hydrolysis) is 1. The van der Waals surface area contributed by atoms with Crippen molar-refractivity contribution in [2.45, 2.75) is 58.7 Å². The molecule has 0 aliphatic rings. The lowest BCUT2D eigenvalue weighted by molar-refractivity contribution is -0.143. The molecule has 0 saturated heterocycles. The van der Waals surface area contributed by atoms with Crippen molar-refractivity contribution in [1.29, 1.82) is 0 Å². The summed E-state index contributed by atoms with van der Waals surface area (Å²) in [4.78, 5) is 52.9.